The maximum absolute atomic E-state index is 12.6. The molecular weight excluding hydrogens is 293 g/mol. The third kappa shape index (κ3) is 3.80. The molecule has 3 atom stereocenters. The van der Waals surface area contributed by atoms with E-state index in [4.69, 9.17) is 4.74 Å². The Morgan fingerprint density at radius 2 is 2.00 bits per heavy atom. The van der Waals surface area contributed by atoms with Crippen molar-refractivity contribution in [2.75, 3.05) is 6.61 Å². The maximum Gasteiger partial charge on any atom is 1.00 e. The third-order valence-electron chi connectivity index (χ3n) is 4.46. The summed E-state index contributed by atoms with van der Waals surface area (Å²) in [4.78, 5) is 3.61. The largest absolute Gasteiger partial charge is 1.00 e. The zero-order valence-electron chi connectivity index (χ0n) is 11.6. The third-order valence-corrected chi connectivity index (χ3v) is 4.46. The summed E-state index contributed by atoms with van der Waals surface area (Å²) in [5.41, 5.74) is -0.689. The van der Waals surface area contributed by atoms with Crippen LogP contribution in [0.15, 0.2) is 18.5 Å². The average molecular weight is 309 g/mol. The van der Waals surface area contributed by atoms with Gasteiger partial charge in [-0.2, -0.15) is 0 Å². The molecule has 3 unspecified atom stereocenters. The second-order valence-electron chi connectivity index (χ2n) is 5.77. The van der Waals surface area contributed by atoms with E-state index in [-0.39, 0.29) is 57.1 Å². The molecule has 2 aliphatic carbocycles. The number of halogens is 3. The molecule has 0 aromatic carbocycles. The van der Waals surface area contributed by atoms with Crippen molar-refractivity contribution in [1.82, 2.24) is 4.98 Å². The van der Waals surface area contributed by atoms with Gasteiger partial charge in [0.15, 0.2) is 0 Å². The van der Waals surface area contributed by atoms with Crippen LogP contribution in [-0.2, 0) is 0 Å². The van der Waals surface area contributed by atoms with E-state index in [9.17, 15) is 12.9 Å². The summed E-state index contributed by atoms with van der Waals surface area (Å²) in [5.74, 6) is 2.29. The fourth-order valence-corrected chi connectivity index (χ4v) is 3.48. The molecular formula is C13H16BF3KNO. The first-order valence-electron chi connectivity index (χ1n) is 6.80. The molecule has 2 fully saturated rings. The van der Waals surface area contributed by atoms with Crippen LogP contribution in [0.1, 0.15) is 25.7 Å². The summed E-state index contributed by atoms with van der Waals surface area (Å²) in [6, 6.07) is 1.06. The number of rotatable bonds is 4. The molecule has 1 aromatic rings. The van der Waals surface area contributed by atoms with E-state index in [1.54, 1.807) is 0 Å². The van der Waals surface area contributed by atoms with Crippen LogP contribution in [0.5, 0.6) is 5.75 Å². The van der Waals surface area contributed by atoms with Crippen molar-refractivity contribution < 1.29 is 69.1 Å². The van der Waals surface area contributed by atoms with Gasteiger partial charge in [-0.05, 0) is 43.1 Å². The molecule has 0 N–H and O–H groups in total. The van der Waals surface area contributed by atoms with Crippen LogP contribution < -0.4 is 61.6 Å². The Balaban J connectivity index is 0.00000147. The molecule has 0 radical (unpaired) electrons. The Morgan fingerprint density at radius 1 is 1.20 bits per heavy atom. The minimum atomic E-state index is -5.00. The number of aromatic nitrogens is 1. The number of hydrogen-bond donors (Lipinski definition) is 0. The fraction of sp³-hybridized carbons (Fsp3) is 0.615. The Labute approximate surface area is 159 Å². The maximum atomic E-state index is 12.6. The van der Waals surface area contributed by atoms with Gasteiger partial charge in [-0.15, -0.1) is 0 Å². The van der Waals surface area contributed by atoms with Crippen molar-refractivity contribution in [2.24, 2.45) is 17.8 Å². The quantitative estimate of drug-likeness (QED) is 0.728. The van der Waals surface area contributed by atoms with Crippen LogP contribution in [0.3, 0.4) is 0 Å². The first-order valence-corrected chi connectivity index (χ1v) is 6.80. The molecule has 0 aliphatic heterocycles. The number of ether oxygens (including phenoxy) is 1. The topological polar surface area (TPSA) is 22.1 Å². The minimum absolute atomic E-state index is 0. The van der Waals surface area contributed by atoms with Gasteiger partial charge in [-0.3, -0.25) is 4.98 Å². The molecule has 2 aliphatic rings. The Hall–Kier alpha value is 0.441. The summed E-state index contributed by atoms with van der Waals surface area (Å²) in [6.45, 7) is -4.48. The van der Waals surface area contributed by atoms with Crippen LogP contribution in [0, 0.1) is 17.8 Å². The van der Waals surface area contributed by atoms with E-state index in [2.05, 4.69) is 4.98 Å². The number of nitrogens with zero attached hydrogens (tertiary/aromatic N) is 1. The summed E-state index contributed by atoms with van der Waals surface area (Å²) in [5, 5.41) is 0. The van der Waals surface area contributed by atoms with Crippen LogP contribution >= 0.6 is 0 Å². The van der Waals surface area contributed by atoms with Crippen LogP contribution in [0.2, 0.25) is 0 Å². The molecule has 104 valence electrons. The van der Waals surface area contributed by atoms with E-state index < -0.39 is 12.4 Å². The zero-order chi connectivity index (χ0) is 13.5. The van der Waals surface area contributed by atoms with E-state index in [0.29, 0.717) is 18.4 Å². The van der Waals surface area contributed by atoms with Gasteiger partial charge in [0.05, 0.1) is 12.8 Å². The number of hydrogen-bond acceptors (Lipinski definition) is 2. The molecule has 20 heavy (non-hydrogen) atoms. The Morgan fingerprint density at radius 3 is 2.60 bits per heavy atom. The van der Waals surface area contributed by atoms with E-state index >= 15 is 0 Å². The first-order chi connectivity index (χ1) is 9.02. The van der Waals surface area contributed by atoms with Crippen molar-refractivity contribution in [1.29, 1.82) is 0 Å². The molecule has 0 saturated heterocycles. The van der Waals surface area contributed by atoms with Gasteiger partial charge in [0.1, 0.15) is 5.75 Å². The molecule has 0 amide bonds. The second-order valence-corrected chi connectivity index (χ2v) is 5.77. The molecule has 2 nitrogen and oxygen atoms in total. The fourth-order valence-electron chi connectivity index (χ4n) is 3.48. The van der Waals surface area contributed by atoms with E-state index in [0.717, 1.165) is 18.2 Å². The van der Waals surface area contributed by atoms with Crippen LogP contribution in [-0.4, -0.2) is 18.6 Å². The monoisotopic (exact) mass is 309 g/mol. The Kier molecular flexibility index (Phi) is 5.62. The molecule has 7 heteroatoms. The Bertz CT molecular complexity index is 471. The van der Waals surface area contributed by atoms with Crippen LogP contribution in [0.4, 0.5) is 12.9 Å². The van der Waals surface area contributed by atoms with Crippen molar-refractivity contribution in [3.8, 4) is 5.75 Å². The predicted molar refractivity (Wildman–Crippen MR) is 67.4 cm³/mol. The normalized spacial score (nSPS) is 28.2. The standard InChI is InChI=1S/C13H16BF3NO.K/c15-14(16,17)12-5-13(7-18-6-12)19-8-11-4-9-1-2-10(11)3-9;/h5-7,9-11H,1-4,8H2;/q-1;+1. The molecule has 1 aromatic heterocycles. The zero-order valence-corrected chi connectivity index (χ0v) is 14.7. The molecule has 2 bridgehead atoms. The summed E-state index contributed by atoms with van der Waals surface area (Å²) in [7, 11) is 0. The molecule has 0 spiro atoms. The molecule has 2 saturated carbocycles. The van der Waals surface area contributed by atoms with Gasteiger partial charge < -0.3 is 17.7 Å². The van der Waals surface area contributed by atoms with Gasteiger partial charge in [0.25, 0.3) is 0 Å². The summed E-state index contributed by atoms with van der Waals surface area (Å²) < 4.78 is 43.3. The van der Waals surface area contributed by atoms with E-state index in [1.807, 2.05) is 0 Å². The minimum Gasteiger partial charge on any atom is -0.492 e. The summed E-state index contributed by atoms with van der Waals surface area (Å²) in [6.07, 6.45) is 7.22. The average Bonchev–Trinajstić information content (AvgIpc) is 2.98. The first kappa shape index (κ1) is 16.8. The van der Waals surface area contributed by atoms with Crippen LogP contribution in [0.25, 0.3) is 0 Å². The van der Waals surface area contributed by atoms with Crippen molar-refractivity contribution in [2.45, 2.75) is 25.7 Å². The van der Waals surface area contributed by atoms with Crippen molar-refractivity contribution in [3.63, 3.8) is 0 Å². The number of fused-ring (bicyclic) bond motifs is 2. The smallest absolute Gasteiger partial charge is 0.492 e. The summed E-state index contributed by atoms with van der Waals surface area (Å²) >= 11 is 0. The van der Waals surface area contributed by atoms with Gasteiger partial charge in [0.2, 0.25) is 0 Å². The van der Waals surface area contributed by atoms with Gasteiger partial charge in [-0.1, -0.05) is 11.9 Å². The second kappa shape index (κ2) is 6.69. The SMILES string of the molecule is F[B-](F)(F)c1cncc(OCC2CC3CCC2C3)c1.[K+]. The van der Waals surface area contributed by atoms with Crippen molar-refractivity contribution >= 4 is 12.4 Å². The molecule has 3 rings (SSSR count). The van der Waals surface area contributed by atoms with Crippen molar-refractivity contribution in [3.05, 3.63) is 18.5 Å². The van der Waals surface area contributed by atoms with Gasteiger partial charge >= 0.3 is 58.4 Å². The van der Waals surface area contributed by atoms with Gasteiger partial charge in [0, 0.05) is 6.20 Å². The van der Waals surface area contributed by atoms with Gasteiger partial charge in [-0.25, -0.2) is 0 Å². The molecule has 1 heterocycles. The predicted octanol–water partition coefficient (Wildman–Crippen LogP) is -0.0450. The number of pyridine rings is 1. The van der Waals surface area contributed by atoms with E-state index in [1.165, 1.54) is 31.9 Å².